The highest BCUT2D eigenvalue weighted by molar-refractivity contribution is 7.61. The van der Waals surface area contributed by atoms with Crippen molar-refractivity contribution in [3.63, 3.8) is 0 Å². The molecule has 0 radical (unpaired) electrons. The maximum absolute atomic E-state index is 12.9. The Morgan fingerprint density at radius 2 is 1.93 bits per heavy atom. The Hall–Kier alpha value is -1.70. The first-order valence-electron chi connectivity index (χ1n) is 9.10. The summed E-state index contributed by atoms with van der Waals surface area (Å²) < 4.78 is 28.7. The lowest BCUT2D eigenvalue weighted by atomic mass is 10.1. The summed E-state index contributed by atoms with van der Waals surface area (Å²) >= 11 is 0. The summed E-state index contributed by atoms with van der Waals surface area (Å²) in [5.74, 6) is -0.333. The van der Waals surface area contributed by atoms with Crippen LogP contribution in [0, 0.1) is 0 Å². The molecule has 2 rings (SSSR count). The van der Waals surface area contributed by atoms with Crippen LogP contribution in [0.2, 0.25) is 0 Å². The maximum atomic E-state index is 12.9. The zero-order valence-corrected chi connectivity index (χ0v) is 17.4. The molecule has 1 aliphatic rings. The Bertz CT molecular complexity index is 716. The van der Waals surface area contributed by atoms with Gasteiger partial charge in [0.2, 0.25) is 5.78 Å². The van der Waals surface area contributed by atoms with Crippen LogP contribution >= 0.6 is 7.60 Å². The van der Waals surface area contributed by atoms with E-state index in [1.54, 1.807) is 34.6 Å². The third kappa shape index (κ3) is 5.18. The van der Waals surface area contributed by atoms with Crippen LogP contribution in [-0.2, 0) is 18.3 Å². The van der Waals surface area contributed by atoms with E-state index < -0.39 is 25.3 Å². The lowest BCUT2D eigenvalue weighted by molar-refractivity contribution is 0.0222. The van der Waals surface area contributed by atoms with E-state index in [4.69, 9.17) is 13.8 Å². The van der Waals surface area contributed by atoms with Crippen molar-refractivity contribution in [2.75, 3.05) is 19.8 Å². The van der Waals surface area contributed by atoms with Gasteiger partial charge in [0.15, 0.2) is 0 Å². The third-order valence-electron chi connectivity index (χ3n) is 3.89. The molecule has 0 aromatic carbocycles. The van der Waals surface area contributed by atoms with Gasteiger partial charge in [-0.05, 0) is 47.5 Å². The van der Waals surface area contributed by atoms with Gasteiger partial charge < -0.3 is 13.8 Å². The quantitative estimate of drug-likeness (QED) is 0.552. The SMILES string of the molecule is CCOP(=O)(OCC)c1cc(C(=O)[C@@H]2CCCN2C(=O)OC(C)(C)C)n[nH]1. The Morgan fingerprint density at radius 3 is 2.48 bits per heavy atom. The molecule has 1 saturated heterocycles. The van der Waals surface area contributed by atoms with Crippen molar-refractivity contribution in [1.82, 2.24) is 15.1 Å². The average Bonchev–Trinajstić information content (AvgIpc) is 3.23. The minimum Gasteiger partial charge on any atom is -0.444 e. The summed E-state index contributed by atoms with van der Waals surface area (Å²) in [6.45, 7) is 9.54. The van der Waals surface area contributed by atoms with Gasteiger partial charge in [0.1, 0.15) is 22.8 Å². The molecular formula is C17H28N3O6P. The second kappa shape index (κ2) is 8.54. The van der Waals surface area contributed by atoms with Crippen LogP contribution in [0.5, 0.6) is 0 Å². The molecule has 2 heterocycles. The number of nitrogens with zero attached hydrogens (tertiary/aromatic N) is 2. The van der Waals surface area contributed by atoms with Crippen molar-refractivity contribution >= 4 is 24.9 Å². The first kappa shape index (κ1) is 21.6. The van der Waals surface area contributed by atoms with Gasteiger partial charge in [0, 0.05) is 12.6 Å². The second-order valence-electron chi connectivity index (χ2n) is 7.17. The van der Waals surface area contributed by atoms with E-state index in [1.807, 2.05) is 0 Å². The molecule has 1 atom stereocenters. The Morgan fingerprint density at radius 1 is 1.30 bits per heavy atom. The van der Waals surface area contributed by atoms with Gasteiger partial charge in [-0.15, -0.1) is 0 Å². The molecule has 1 aromatic heterocycles. The van der Waals surface area contributed by atoms with Crippen molar-refractivity contribution in [1.29, 1.82) is 0 Å². The smallest absolute Gasteiger partial charge is 0.410 e. The topological polar surface area (TPSA) is 111 Å². The van der Waals surface area contributed by atoms with Crippen molar-refractivity contribution in [2.45, 2.75) is 59.1 Å². The predicted molar refractivity (Wildman–Crippen MR) is 99.4 cm³/mol. The van der Waals surface area contributed by atoms with Crippen molar-refractivity contribution < 1.29 is 27.9 Å². The molecule has 10 heteroatoms. The number of amides is 1. The number of carbonyl (C=O) groups is 2. The number of hydrogen-bond donors (Lipinski definition) is 1. The molecule has 1 aromatic rings. The monoisotopic (exact) mass is 401 g/mol. The maximum Gasteiger partial charge on any atom is 0.410 e. The number of H-pyrrole nitrogens is 1. The molecule has 9 nitrogen and oxygen atoms in total. The summed E-state index contributed by atoms with van der Waals surface area (Å²) in [7, 11) is -3.56. The number of nitrogens with one attached hydrogen (secondary N) is 1. The molecule has 1 fully saturated rings. The average molecular weight is 401 g/mol. The van der Waals surface area contributed by atoms with E-state index in [1.165, 1.54) is 11.0 Å². The number of likely N-dealkylation sites (tertiary alicyclic amines) is 1. The number of hydrogen-bond acceptors (Lipinski definition) is 7. The molecule has 152 valence electrons. The van der Waals surface area contributed by atoms with E-state index in [9.17, 15) is 14.2 Å². The van der Waals surface area contributed by atoms with Gasteiger partial charge in [-0.2, -0.15) is 5.10 Å². The van der Waals surface area contributed by atoms with E-state index in [0.717, 1.165) is 0 Å². The first-order valence-corrected chi connectivity index (χ1v) is 10.6. The lowest BCUT2D eigenvalue weighted by Gasteiger charge is -2.27. The number of aromatic amines is 1. The molecule has 0 spiro atoms. The number of carbonyl (C=O) groups excluding carboxylic acids is 2. The zero-order valence-electron chi connectivity index (χ0n) is 16.5. The highest BCUT2D eigenvalue weighted by atomic mass is 31.2. The van der Waals surface area contributed by atoms with E-state index >= 15 is 0 Å². The van der Waals surface area contributed by atoms with Crippen molar-refractivity contribution in [3.8, 4) is 0 Å². The fourth-order valence-electron chi connectivity index (χ4n) is 2.84. The normalized spacial score (nSPS) is 18.0. The minimum atomic E-state index is -3.56. The highest BCUT2D eigenvalue weighted by Crippen LogP contribution is 2.46. The zero-order chi connectivity index (χ0) is 20.2. The Kier molecular flexibility index (Phi) is 6.83. The van der Waals surface area contributed by atoms with Crippen molar-refractivity contribution in [3.05, 3.63) is 11.8 Å². The molecule has 0 unspecified atom stereocenters. The summed E-state index contributed by atoms with van der Waals surface area (Å²) in [6.07, 6.45) is 0.696. The van der Waals surface area contributed by atoms with Crippen LogP contribution in [0.15, 0.2) is 6.07 Å². The first-order chi connectivity index (χ1) is 12.6. The van der Waals surface area contributed by atoms with Gasteiger partial charge in [-0.25, -0.2) is 4.79 Å². The lowest BCUT2D eigenvalue weighted by Crippen LogP contribution is -2.43. The Labute approximate surface area is 159 Å². The van der Waals surface area contributed by atoms with Gasteiger partial charge in [-0.1, -0.05) is 0 Å². The predicted octanol–water partition coefficient (Wildman–Crippen LogP) is 2.88. The van der Waals surface area contributed by atoms with Crippen molar-refractivity contribution in [2.24, 2.45) is 0 Å². The minimum absolute atomic E-state index is 0.0880. The molecule has 1 N–H and O–H groups in total. The number of aromatic nitrogens is 2. The fourth-order valence-corrected chi connectivity index (χ4v) is 4.33. The summed E-state index contributed by atoms with van der Waals surface area (Å²) in [6, 6.07) is 0.717. The molecule has 27 heavy (non-hydrogen) atoms. The van der Waals surface area contributed by atoms with E-state index in [0.29, 0.717) is 19.4 Å². The molecule has 0 aliphatic carbocycles. The molecule has 1 amide bonds. The summed E-state index contributed by atoms with van der Waals surface area (Å²) in [5, 5.41) is 6.56. The fraction of sp³-hybridized carbons (Fsp3) is 0.706. The Balaban J connectivity index is 2.19. The van der Waals surface area contributed by atoms with Crippen LogP contribution in [0.25, 0.3) is 0 Å². The number of ketones is 1. The van der Waals surface area contributed by atoms with E-state index in [2.05, 4.69) is 10.2 Å². The number of rotatable bonds is 7. The third-order valence-corrected chi connectivity index (χ3v) is 5.91. The number of ether oxygens (including phenoxy) is 1. The standard InChI is InChI=1S/C17H28N3O6P/c1-6-24-27(23,25-7-2)14-11-12(18-19-14)15(21)13-9-8-10-20(13)16(22)26-17(3,4)5/h11,13H,6-10H2,1-5H3,(H,18,19)/t13-/m0/s1. The van der Waals surface area contributed by atoms with Crippen LogP contribution in [0.4, 0.5) is 4.79 Å². The van der Waals surface area contributed by atoms with Crippen LogP contribution in [0.1, 0.15) is 57.9 Å². The van der Waals surface area contributed by atoms with Gasteiger partial charge in [0.05, 0.1) is 13.2 Å². The van der Waals surface area contributed by atoms with Crippen LogP contribution in [0.3, 0.4) is 0 Å². The summed E-state index contributed by atoms with van der Waals surface area (Å²) in [4.78, 5) is 26.7. The molecule has 1 aliphatic heterocycles. The van der Waals surface area contributed by atoms with Crippen LogP contribution < -0.4 is 5.44 Å². The number of Topliss-reactive ketones (excluding diaryl/α,β-unsaturated/α-hetero) is 1. The van der Waals surface area contributed by atoms with Gasteiger partial charge in [-0.3, -0.25) is 19.4 Å². The van der Waals surface area contributed by atoms with Gasteiger partial charge >= 0.3 is 13.7 Å². The molecular weight excluding hydrogens is 373 g/mol. The van der Waals surface area contributed by atoms with Crippen LogP contribution in [-0.4, -0.2) is 58.4 Å². The molecule has 0 bridgehead atoms. The van der Waals surface area contributed by atoms with Gasteiger partial charge in [0.25, 0.3) is 0 Å². The summed E-state index contributed by atoms with van der Waals surface area (Å²) in [5.41, 5.74) is -0.435. The second-order valence-corrected chi connectivity index (χ2v) is 9.16. The molecule has 0 saturated carbocycles. The van der Waals surface area contributed by atoms with E-state index in [-0.39, 0.29) is 30.1 Å². The highest BCUT2D eigenvalue weighted by Gasteiger charge is 2.39. The largest absolute Gasteiger partial charge is 0.444 e.